The summed E-state index contributed by atoms with van der Waals surface area (Å²) in [6.07, 6.45) is 19.1. The van der Waals surface area contributed by atoms with E-state index in [1.54, 1.807) is 7.05 Å². The van der Waals surface area contributed by atoms with Crippen molar-refractivity contribution in [2.24, 2.45) is 4.99 Å². The van der Waals surface area contributed by atoms with E-state index in [0.717, 1.165) is 167 Å². The van der Waals surface area contributed by atoms with Crippen LogP contribution in [0.3, 0.4) is 0 Å². The van der Waals surface area contributed by atoms with Gasteiger partial charge in [0.25, 0.3) is 8.53 Å². The van der Waals surface area contributed by atoms with E-state index < -0.39 is 184 Å². The van der Waals surface area contributed by atoms with Crippen LogP contribution in [0.2, 0.25) is 0 Å². The molecule has 0 radical (unpaired) electrons. The van der Waals surface area contributed by atoms with Gasteiger partial charge >= 0.3 is 53.7 Å². The molecule has 0 aliphatic carbocycles. The van der Waals surface area contributed by atoms with Gasteiger partial charge in [0.05, 0.1) is 19.3 Å². The Labute approximate surface area is 890 Å². The monoisotopic (exact) mass is 2160 g/mol. The summed E-state index contributed by atoms with van der Waals surface area (Å²) in [6, 6.07) is -4.36. The zero-order valence-electron chi connectivity index (χ0n) is 92.8. The predicted molar refractivity (Wildman–Crippen MR) is 557 cm³/mol. The maximum absolute atomic E-state index is 14.7. The fraction of sp³-hybridized carbons (Fsp3) is 0.840. The SMILES string of the molecule is CCNC1C(OCCCCCCCCCCCC(=O)NCCCCC(NC(=O)C(CCCCNC(=O)CCCCCCCCCCCOC2OC(COC(C)=O)C(OC(C)=O)C(OC(C)=O)C2NC(C)=O)NC(=O)CCCCCCCCCCCOC2OC(COC(C)=O)C(OC(C)=O)C(OC(C)=O)C2NC(C)=O)C(=O)NCCCCCCOP(OCC/C=N/C)N(C(C)C)C(C)C)OC(COC(C)=O)C(OC(C)=O)C1OC(C)=O. The molecule has 44 heteroatoms. The topological polar surface area (TPSA) is 542 Å². The molecule has 3 saturated heterocycles. The van der Waals surface area contributed by atoms with Gasteiger partial charge in [-0.2, -0.15) is 0 Å². The van der Waals surface area contributed by atoms with E-state index in [2.05, 4.69) is 79.9 Å². The molecule has 3 heterocycles. The highest BCUT2D eigenvalue weighted by Gasteiger charge is 2.55. The molecule has 0 saturated carbocycles. The highest BCUT2D eigenvalue weighted by Crippen LogP contribution is 2.46. The number of unbranched alkanes of at least 4 members (excludes halogenated alkanes) is 29. The molecule has 43 nitrogen and oxygen atoms in total. The Morgan fingerprint density at radius 2 is 0.620 bits per heavy atom. The number of aliphatic imine (C=N–C) groups is 1. The third-order valence-electron chi connectivity index (χ3n) is 25.0. The third kappa shape index (κ3) is 61.9. The van der Waals surface area contributed by atoms with Crippen molar-refractivity contribution >= 4 is 110 Å². The largest absolute Gasteiger partial charge is 0.463 e. The number of hydrogen-bond acceptors (Lipinski definition) is 36. The zero-order chi connectivity index (χ0) is 111. The number of esters is 9. The van der Waals surface area contributed by atoms with Gasteiger partial charge in [0, 0.05) is 167 Å². The highest BCUT2D eigenvalue weighted by atomic mass is 31.2. The van der Waals surface area contributed by atoms with Crippen molar-refractivity contribution in [1.82, 2.24) is 47.2 Å². The van der Waals surface area contributed by atoms with E-state index in [-0.39, 0.29) is 88.0 Å². The Morgan fingerprint density at radius 3 is 0.953 bits per heavy atom. The molecule has 0 aromatic heterocycles. The summed E-state index contributed by atoms with van der Waals surface area (Å²) in [5.74, 6) is -8.11. The smallest absolute Gasteiger partial charge is 0.303 e. The van der Waals surface area contributed by atoms with E-state index in [4.69, 9.17) is 80.1 Å². The number of ether oxygens (including phenoxy) is 15. The van der Waals surface area contributed by atoms with Crippen molar-refractivity contribution < 1.29 is 157 Å². The zero-order valence-corrected chi connectivity index (χ0v) is 93.7. The maximum Gasteiger partial charge on any atom is 0.303 e. The van der Waals surface area contributed by atoms with E-state index in [0.29, 0.717) is 123 Å². The van der Waals surface area contributed by atoms with Crippen LogP contribution in [0.25, 0.3) is 0 Å². The second kappa shape index (κ2) is 81.9. The van der Waals surface area contributed by atoms with Crippen LogP contribution in [-0.4, -0.2) is 308 Å². The van der Waals surface area contributed by atoms with Crippen molar-refractivity contribution in [3.05, 3.63) is 0 Å². The van der Waals surface area contributed by atoms with Crippen LogP contribution >= 0.6 is 8.53 Å². The number of hydrogen-bond donors (Lipinski definition) is 8. The van der Waals surface area contributed by atoms with Crippen molar-refractivity contribution in [1.29, 1.82) is 0 Å². The second-order valence-electron chi connectivity index (χ2n) is 39.2. The number of likely N-dealkylation sites (N-methyl/N-ethyl adjacent to an activating group) is 1. The summed E-state index contributed by atoms with van der Waals surface area (Å²) < 4.78 is 101. The molecule has 18 unspecified atom stereocenters. The van der Waals surface area contributed by atoms with Gasteiger partial charge in [-0.25, -0.2) is 4.67 Å². The minimum Gasteiger partial charge on any atom is -0.463 e. The molecule has 8 N–H and O–H groups in total. The van der Waals surface area contributed by atoms with Crippen molar-refractivity contribution in [2.45, 2.75) is 490 Å². The van der Waals surface area contributed by atoms with Gasteiger partial charge in [-0.3, -0.25) is 76.7 Å². The Bertz CT molecular complexity index is 3920. The lowest BCUT2D eigenvalue weighted by Crippen LogP contribution is -2.66. The summed E-state index contributed by atoms with van der Waals surface area (Å²) in [5.41, 5.74) is 0. The molecule has 3 rings (SSSR count). The molecule has 150 heavy (non-hydrogen) atoms. The predicted octanol–water partition coefficient (Wildman–Crippen LogP) is 11.9. The Morgan fingerprint density at radius 1 is 0.327 bits per heavy atom. The number of nitrogens with zero attached hydrogens (tertiary/aromatic N) is 2. The minimum absolute atomic E-state index is 0.0694. The summed E-state index contributed by atoms with van der Waals surface area (Å²) in [5, 5.41) is 23.9. The lowest BCUT2D eigenvalue weighted by Gasteiger charge is -2.45. The minimum atomic E-state index is -1.31. The van der Waals surface area contributed by atoms with Gasteiger partial charge in [-0.15, -0.1) is 0 Å². The molecule has 3 fully saturated rings. The average Bonchev–Trinajstić information content (AvgIpc) is 0.790. The number of amides is 7. The standard InChI is InChI=1S/C106H185N10O33P/c1-18-108-93-99(144-82(14)125)96(141-79(11)122)87(69-136-76(8)119)147-104(93)133-64-50-38-31-25-19-22-28-34-42-57-90(128)109-61-48-45-55-85(102(131)111-63-47-37-41-53-67-139-150(140-68-54-60-107-17)116(72(2)3)73(4)5)115-103(132)86(114-92(130)59-44-36-30-24-21-27-33-40-52-66-135-106-95(113-75(7)118)101(146-84(16)127)98(143-81(13)124)89(149-106)71-138-78(10)121)56-46-49-62-110-91(129)58-43-35-29-23-20-26-32-39-51-65-134-105-94(112-74(6)117)100(145-83(15)126)97(142-80(12)123)88(148-105)70-137-77(9)120/h60,72-73,85-89,93-101,104-106,108H,18-59,61-71H2,1-17H3,(H,109,128)(H,110,129)(H,111,131)(H,112,117)(H,113,118)(H,114,130)(H,115,132)/b107-60+. The highest BCUT2D eigenvalue weighted by molar-refractivity contribution is 7.44. The van der Waals surface area contributed by atoms with Crippen LogP contribution in [0.5, 0.6) is 0 Å². The van der Waals surface area contributed by atoms with Crippen molar-refractivity contribution in [2.75, 3.05) is 86.1 Å². The van der Waals surface area contributed by atoms with E-state index >= 15 is 0 Å². The number of nitrogens with one attached hydrogen (secondary N) is 8. The molecule has 0 aromatic rings. The Kier molecular flexibility index (Phi) is 73.9. The molecule has 0 bridgehead atoms. The first kappa shape index (κ1) is 135. The summed E-state index contributed by atoms with van der Waals surface area (Å²) in [7, 11) is 0.429. The van der Waals surface area contributed by atoms with Crippen LogP contribution in [0.15, 0.2) is 4.99 Å². The van der Waals surface area contributed by atoms with Crippen LogP contribution in [0.1, 0.15) is 374 Å². The van der Waals surface area contributed by atoms with Gasteiger partial charge in [0.2, 0.25) is 41.4 Å². The molecule has 862 valence electrons. The molecule has 0 spiro atoms. The maximum atomic E-state index is 14.7. The van der Waals surface area contributed by atoms with E-state index in [9.17, 15) is 76.7 Å². The van der Waals surface area contributed by atoms with Gasteiger partial charge in [-0.1, -0.05) is 155 Å². The van der Waals surface area contributed by atoms with Crippen molar-refractivity contribution in [3.8, 4) is 0 Å². The molecular formula is C106H185N10O33P. The van der Waals surface area contributed by atoms with Gasteiger partial charge < -0.3 is 128 Å². The van der Waals surface area contributed by atoms with Crippen LogP contribution in [-0.2, 0) is 157 Å². The fourth-order valence-corrected chi connectivity index (χ4v) is 19.6. The summed E-state index contributed by atoms with van der Waals surface area (Å²) in [4.78, 5) is 207. The first-order valence-corrected chi connectivity index (χ1v) is 56.1. The fourth-order valence-electron chi connectivity index (χ4n) is 18.0. The Hall–Kier alpha value is -8.78. The molecule has 18 atom stereocenters. The lowest BCUT2D eigenvalue weighted by atomic mass is 9.96. The normalized spacial score (nSPS) is 21.2. The van der Waals surface area contributed by atoms with Crippen LogP contribution in [0, 0.1) is 0 Å². The number of carbonyl (C=O) groups is 16. The van der Waals surface area contributed by atoms with E-state index in [1.165, 1.54) is 76.2 Å². The first-order valence-electron chi connectivity index (χ1n) is 54.9. The summed E-state index contributed by atoms with van der Waals surface area (Å²) >= 11 is 0. The first-order chi connectivity index (χ1) is 71.8. The number of carbonyl (C=O) groups excluding carboxylic acids is 16. The second-order valence-corrected chi connectivity index (χ2v) is 40.7. The molecule has 0 aromatic carbocycles. The van der Waals surface area contributed by atoms with Crippen LogP contribution < -0.4 is 42.5 Å². The summed E-state index contributed by atoms with van der Waals surface area (Å²) in [6.45, 7) is 26.2. The van der Waals surface area contributed by atoms with Crippen molar-refractivity contribution in [3.63, 3.8) is 0 Å². The van der Waals surface area contributed by atoms with Gasteiger partial charge in [-0.05, 0) is 124 Å². The third-order valence-corrected chi connectivity index (χ3v) is 27.1. The Balaban J connectivity index is 1.66. The van der Waals surface area contributed by atoms with Crippen LogP contribution in [0.4, 0.5) is 0 Å². The molecule has 3 aliphatic rings. The lowest BCUT2D eigenvalue weighted by molar-refractivity contribution is -0.278. The quantitative estimate of drug-likeness (QED) is 0.00921. The number of rotatable bonds is 84. The van der Waals surface area contributed by atoms with E-state index in [1.807, 2.05) is 13.1 Å². The average molecular weight is 2160 g/mol. The van der Waals surface area contributed by atoms with Gasteiger partial charge in [0.1, 0.15) is 62.3 Å². The van der Waals surface area contributed by atoms with Gasteiger partial charge in [0.15, 0.2) is 55.5 Å². The molecule has 3 aliphatic heterocycles. The molecular weight excluding hydrogens is 1970 g/mol. The molecule has 7 amide bonds.